The van der Waals surface area contributed by atoms with Crippen molar-refractivity contribution in [1.82, 2.24) is 0 Å². The number of fused-ring (bicyclic) bond motifs is 1. The van der Waals surface area contributed by atoms with Crippen LogP contribution in [-0.2, 0) is 0 Å². The highest BCUT2D eigenvalue weighted by Crippen LogP contribution is 2.53. The molecular formula is C14H18S. The van der Waals surface area contributed by atoms with Gasteiger partial charge in [0.15, 0.2) is 0 Å². The number of hydrogen-bond donors (Lipinski definition) is 0. The third-order valence-corrected chi connectivity index (χ3v) is 5.58. The Morgan fingerprint density at radius 2 is 1.80 bits per heavy atom. The molecule has 0 amide bonds. The van der Waals surface area contributed by atoms with Crippen molar-refractivity contribution in [3.63, 3.8) is 0 Å². The molecule has 0 radical (unpaired) electrons. The summed E-state index contributed by atoms with van der Waals surface area (Å²) in [5.41, 5.74) is 1.57. The molecule has 3 rings (SSSR count). The summed E-state index contributed by atoms with van der Waals surface area (Å²) in [6.45, 7) is 0. The minimum absolute atomic E-state index is 0.802. The van der Waals surface area contributed by atoms with Gasteiger partial charge in [0.25, 0.3) is 0 Å². The predicted octanol–water partition coefficient (Wildman–Crippen LogP) is 4.28. The van der Waals surface area contributed by atoms with Gasteiger partial charge in [0.1, 0.15) is 0 Å². The highest BCUT2D eigenvalue weighted by atomic mass is 32.2. The molecule has 1 aromatic carbocycles. The summed E-state index contributed by atoms with van der Waals surface area (Å²) >= 11 is 2.20. The number of rotatable bonds is 1. The van der Waals surface area contributed by atoms with Gasteiger partial charge in [-0.3, -0.25) is 0 Å². The molecule has 1 aliphatic carbocycles. The van der Waals surface area contributed by atoms with Crippen molar-refractivity contribution in [2.75, 3.05) is 5.75 Å². The summed E-state index contributed by atoms with van der Waals surface area (Å²) in [6, 6.07) is 11.1. The molecule has 0 bridgehead atoms. The smallest absolute Gasteiger partial charge is 0.0328 e. The average molecular weight is 218 g/mol. The Hall–Kier alpha value is -0.430. The Labute approximate surface area is 96.5 Å². The van der Waals surface area contributed by atoms with Gasteiger partial charge in [-0.15, -0.1) is 0 Å². The van der Waals surface area contributed by atoms with Gasteiger partial charge in [-0.2, -0.15) is 11.8 Å². The van der Waals surface area contributed by atoms with E-state index in [9.17, 15) is 0 Å². The molecule has 1 heterocycles. The van der Waals surface area contributed by atoms with Crippen LogP contribution >= 0.6 is 11.8 Å². The van der Waals surface area contributed by atoms with E-state index in [4.69, 9.17) is 0 Å². The second kappa shape index (κ2) is 4.21. The van der Waals surface area contributed by atoms with E-state index < -0.39 is 0 Å². The van der Waals surface area contributed by atoms with Gasteiger partial charge in [0.2, 0.25) is 0 Å². The van der Waals surface area contributed by atoms with E-state index in [-0.39, 0.29) is 0 Å². The Morgan fingerprint density at radius 1 is 1.00 bits per heavy atom. The lowest BCUT2D eigenvalue weighted by atomic mass is 9.77. The van der Waals surface area contributed by atoms with Gasteiger partial charge in [-0.1, -0.05) is 43.2 Å². The zero-order valence-corrected chi connectivity index (χ0v) is 9.88. The Morgan fingerprint density at radius 3 is 2.67 bits per heavy atom. The lowest BCUT2D eigenvalue weighted by Crippen LogP contribution is -2.18. The summed E-state index contributed by atoms with van der Waals surface area (Å²) in [5.74, 6) is 3.41. The van der Waals surface area contributed by atoms with E-state index in [2.05, 4.69) is 42.1 Å². The van der Waals surface area contributed by atoms with Gasteiger partial charge in [-0.05, 0) is 36.0 Å². The summed E-state index contributed by atoms with van der Waals surface area (Å²) in [4.78, 5) is 0. The molecule has 1 saturated carbocycles. The van der Waals surface area contributed by atoms with Crippen molar-refractivity contribution in [2.45, 2.75) is 30.9 Å². The van der Waals surface area contributed by atoms with Crippen LogP contribution in [0.25, 0.3) is 0 Å². The second-order valence-corrected chi connectivity index (χ2v) is 6.05. The molecule has 0 N–H and O–H groups in total. The van der Waals surface area contributed by atoms with Crippen molar-refractivity contribution in [3.8, 4) is 0 Å². The Bertz CT molecular complexity index is 319. The third kappa shape index (κ3) is 1.82. The first-order valence-electron chi connectivity index (χ1n) is 6.12. The molecule has 1 aliphatic heterocycles. The molecule has 1 heteroatoms. The van der Waals surface area contributed by atoms with Crippen LogP contribution in [0.3, 0.4) is 0 Å². The molecule has 2 fully saturated rings. The molecule has 3 atom stereocenters. The quantitative estimate of drug-likeness (QED) is 0.678. The second-order valence-electron chi connectivity index (χ2n) is 4.87. The minimum atomic E-state index is 0.802. The van der Waals surface area contributed by atoms with Crippen LogP contribution < -0.4 is 0 Å². The van der Waals surface area contributed by atoms with E-state index in [0.717, 1.165) is 17.1 Å². The fourth-order valence-electron chi connectivity index (χ4n) is 3.18. The van der Waals surface area contributed by atoms with Crippen LogP contribution in [0, 0.1) is 11.8 Å². The first kappa shape index (κ1) is 9.77. The standard InChI is InChI=1S/C14H18S/c1-2-6-11(7-3-1)14-13-9-5-4-8-12(13)10-15-14/h1-3,6-7,12-14H,4-5,8-10H2. The molecule has 0 aromatic heterocycles. The van der Waals surface area contributed by atoms with E-state index in [1.807, 2.05) is 0 Å². The van der Waals surface area contributed by atoms with Crippen LogP contribution in [0.15, 0.2) is 30.3 Å². The summed E-state index contributed by atoms with van der Waals surface area (Å²) in [7, 11) is 0. The number of thioether (sulfide) groups is 1. The fourth-order valence-corrected chi connectivity index (χ4v) is 5.00. The molecule has 1 aromatic rings. The summed E-state index contributed by atoms with van der Waals surface area (Å²) in [6.07, 6.45) is 5.90. The summed E-state index contributed by atoms with van der Waals surface area (Å²) in [5, 5.41) is 0.802. The maximum Gasteiger partial charge on any atom is 0.0328 e. The molecule has 15 heavy (non-hydrogen) atoms. The Balaban J connectivity index is 1.82. The maximum atomic E-state index is 2.31. The first-order chi connectivity index (χ1) is 7.45. The molecule has 80 valence electrons. The molecule has 1 saturated heterocycles. The lowest BCUT2D eigenvalue weighted by molar-refractivity contribution is 0.271. The SMILES string of the molecule is c1ccc(C2SCC3CCCCC32)cc1. The Kier molecular flexibility index (Phi) is 2.74. The zero-order valence-electron chi connectivity index (χ0n) is 9.06. The lowest BCUT2D eigenvalue weighted by Gasteiger charge is -2.28. The van der Waals surface area contributed by atoms with Crippen molar-refractivity contribution >= 4 is 11.8 Å². The van der Waals surface area contributed by atoms with Crippen LogP contribution in [0.4, 0.5) is 0 Å². The van der Waals surface area contributed by atoms with E-state index in [1.54, 1.807) is 5.56 Å². The molecular weight excluding hydrogens is 200 g/mol. The number of benzene rings is 1. The normalized spacial score (nSPS) is 35.1. The van der Waals surface area contributed by atoms with Crippen LogP contribution in [0.2, 0.25) is 0 Å². The average Bonchev–Trinajstić information content (AvgIpc) is 2.74. The predicted molar refractivity (Wildman–Crippen MR) is 67.1 cm³/mol. The van der Waals surface area contributed by atoms with Gasteiger partial charge < -0.3 is 0 Å². The van der Waals surface area contributed by atoms with Gasteiger partial charge in [-0.25, -0.2) is 0 Å². The molecule has 0 nitrogen and oxygen atoms in total. The van der Waals surface area contributed by atoms with Gasteiger partial charge in [0, 0.05) is 5.25 Å². The minimum Gasteiger partial charge on any atom is -0.153 e. The fraction of sp³-hybridized carbons (Fsp3) is 0.571. The van der Waals surface area contributed by atoms with Gasteiger partial charge in [0.05, 0.1) is 0 Å². The topological polar surface area (TPSA) is 0 Å². The van der Waals surface area contributed by atoms with Gasteiger partial charge >= 0.3 is 0 Å². The first-order valence-corrected chi connectivity index (χ1v) is 7.16. The van der Waals surface area contributed by atoms with Crippen LogP contribution in [0.5, 0.6) is 0 Å². The maximum absolute atomic E-state index is 2.31. The molecule has 2 aliphatic rings. The zero-order chi connectivity index (χ0) is 10.1. The monoisotopic (exact) mass is 218 g/mol. The van der Waals surface area contributed by atoms with Crippen molar-refractivity contribution < 1.29 is 0 Å². The van der Waals surface area contributed by atoms with E-state index in [0.29, 0.717) is 0 Å². The largest absolute Gasteiger partial charge is 0.153 e. The number of hydrogen-bond acceptors (Lipinski definition) is 1. The third-order valence-electron chi connectivity index (χ3n) is 3.97. The summed E-state index contributed by atoms with van der Waals surface area (Å²) < 4.78 is 0. The highest BCUT2D eigenvalue weighted by molar-refractivity contribution is 7.99. The van der Waals surface area contributed by atoms with E-state index >= 15 is 0 Å². The van der Waals surface area contributed by atoms with Crippen molar-refractivity contribution in [2.24, 2.45) is 11.8 Å². The molecule has 0 spiro atoms. The van der Waals surface area contributed by atoms with Crippen molar-refractivity contribution in [3.05, 3.63) is 35.9 Å². The van der Waals surface area contributed by atoms with Crippen LogP contribution in [-0.4, -0.2) is 5.75 Å². The van der Waals surface area contributed by atoms with Crippen LogP contribution in [0.1, 0.15) is 36.5 Å². The molecule has 3 unspecified atom stereocenters. The van der Waals surface area contributed by atoms with Crippen molar-refractivity contribution in [1.29, 1.82) is 0 Å². The highest BCUT2D eigenvalue weighted by Gasteiger charge is 2.38. The van der Waals surface area contributed by atoms with E-state index in [1.165, 1.54) is 31.4 Å².